The highest BCUT2D eigenvalue weighted by atomic mass is 79.9. The molecule has 2 aromatic rings. The molecule has 0 aliphatic carbocycles. The maximum absolute atomic E-state index is 11.9. The second kappa shape index (κ2) is 5.71. The number of hydrogen-bond donors (Lipinski definition) is 2. The van der Waals surface area contributed by atoms with E-state index in [1.165, 1.54) is 13.2 Å². The Morgan fingerprint density at radius 1 is 1.16 bits per heavy atom. The molecule has 1 aromatic carbocycles. The third kappa shape index (κ3) is 3.45. The zero-order chi connectivity index (χ0) is 13.8. The van der Waals surface area contributed by atoms with Gasteiger partial charge in [-0.3, -0.25) is 9.59 Å². The largest absolute Gasteiger partial charge is 0.457 e. The Morgan fingerprint density at radius 2 is 1.84 bits per heavy atom. The molecule has 0 aliphatic rings. The predicted molar refractivity (Wildman–Crippen MR) is 75.1 cm³/mol. The van der Waals surface area contributed by atoms with Crippen LogP contribution in [0.25, 0.3) is 0 Å². The van der Waals surface area contributed by atoms with Crippen molar-refractivity contribution < 1.29 is 14.0 Å². The van der Waals surface area contributed by atoms with Crippen LogP contribution in [0.2, 0.25) is 0 Å². The van der Waals surface area contributed by atoms with E-state index in [4.69, 9.17) is 4.42 Å². The molecule has 0 spiro atoms. The van der Waals surface area contributed by atoms with E-state index in [0.717, 1.165) is 0 Å². The summed E-state index contributed by atoms with van der Waals surface area (Å²) in [6.45, 7) is 1.42. The van der Waals surface area contributed by atoms with Crippen LogP contribution in [0.1, 0.15) is 17.3 Å². The number of carbonyl (C=O) groups excluding carboxylic acids is 2. The topological polar surface area (TPSA) is 71.3 Å². The van der Waals surface area contributed by atoms with Crippen molar-refractivity contribution in [2.24, 2.45) is 0 Å². The molecule has 1 aromatic heterocycles. The van der Waals surface area contributed by atoms with Crippen LogP contribution in [0.4, 0.5) is 11.4 Å². The van der Waals surface area contributed by atoms with E-state index in [-0.39, 0.29) is 11.8 Å². The predicted octanol–water partition coefficient (Wildman–Crippen LogP) is 3.25. The van der Waals surface area contributed by atoms with Crippen LogP contribution < -0.4 is 10.6 Å². The normalized spacial score (nSPS) is 10.0. The molecular formula is C13H11BrN2O3. The highest BCUT2D eigenvalue weighted by Gasteiger charge is 2.12. The number of rotatable bonds is 3. The van der Waals surface area contributed by atoms with Crippen molar-refractivity contribution in [2.75, 3.05) is 10.6 Å². The van der Waals surface area contributed by atoms with E-state index in [2.05, 4.69) is 26.6 Å². The maximum Gasteiger partial charge on any atom is 0.260 e. The van der Waals surface area contributed by atoms with Crippen LogP contribution in [0.3, 0.4) is 0 Å². The van der Waals surface area contributed by atoms with Gasteiger partial charge in [-0.2, -0.15) is 0 Å². The summed E-state index contributed by atoms with van der Waals surface area (Å²) in [7, 11) is 0. The quantitative estimate of drug-likeness (QED) is 0.911. The number of benzene rings is 1. The van der Waals surface area contributed by atoms with Crippen molar-refractivity contribution in [2.45, 2.75) is 6.92 Å². The average molecular weight is 323 g/mol. The second-order valence-electron chi connectivity index (χ2n) is 3.82. The smallest absolute Gasteiger partial charge is 0.260 e. The number of halogens is 1. The standard InChI is InChI=1S/C13H11BrN2O3/c1-8(17)15-9-3-2-4-10(7-9)16-13(18)11-5-6-19-12(11)14/h2-7H,1H3,(H,15,17)(H,16,18). The Hall–Kier alpha value is -2.08. The van der Waals surface area contributed by atoms with Gasteiger partial charge in [-0.1, -0.05) is 6.07 Å². The number of nitrogens with one attached hydrogen (secondary N) is 2. The minimum atomic E-state index is -0.291. The minimum Gasteiger partial charge on any atom is -0.457 e. The zero-order valence-electron chi connectivity index (χ0n) is 10.1. The molecule has 0 atom stereocenters. The summed E-state index contributed by atoms with van der Waals surface area (Å²) >= 11 is 3.14. The van der Waals surface area contributed by atoms with Crippen LogP contribution in [-0.4, -0.2) is 11.8 Å². The third-order valence-electron chi connectivity index (χ3n) is 2.30. The fraction of sp³-hybridized carbons (Fsp3) is 0.0769. The average Bonchev–Trinajstić information content (AvgIpc) is 2.75. The van der Waals surface area contributed by atoms with Gasteiger partial charge in [0.2, 0.25) is 5.91 Å². The summed E-state index contributed by atoms with van der Waals surface area (Å²) in [4.78, 5) is 22.9. The molecule has 1 heterocycles. The third-order valence-corrected chi connectivity index (χ3v) is 2.92. The zero-order valence-corrected chi connectivity index (χ0v) is 11.7. The van der Waals surface area contributed by atoms with Gasteiger partial charge in [0, 0.05) is 18.3 Å². The van der Waals surface area contributed by atoms with Crippen molar-refractivity contribution in [3.63, 3.8) is 0 Å². The highest BCUT2D eigenvalue weighted by molar-refractivity contribution is 9.10. The van der Waals surface area contributed by atoms with Crippen molar-refractivity contribution in [3.8, 4) is 0 Å². The lowest BCUT2D eigenvalue weighted by molar-refractivity contribution is -0.114. The van der Waals surface area contributed by atoms with E-state index in [9.17, 15) is 9.59 Å². The molecule has 0 saturated heterocycles. The first kappa shape index (κ1) is 13.4. The van der Waals surface area contributed by atoms with Gasteiger partial charge < -0.3 is 15.1 Å². The Balaban J connectivity index is 2.13. The van der Waals surface area contributed by atoms with Gasteiger partial charge >= 0.3 is 0 Å². The SMILES string of the molecule is CC(=O)Nc1cccc(NC(=O)c2ccoc2Br)c1. The van der Waals surface area contributed by atoms with E-state index in [1.807, 2.05) is 0 Å². The fourth-order valence-corrected chi connectivity index (χ4v) is 1.95. The fourth-order valence-electron chi connectivity index (χ4n) is 1.53. The van der Waals surface area contributed by atoms with E-state index < -0.39 is 0 Å². The molecular weight excluding hydrogens is 312 g/mol. The first-order valence-corrected chi connectivity index (χ1v) is 6.27. The van der Waals surface area contributed by atoms with E-state index in [0.29, 0.717) is 21.6 Å². The monoisotopic (exact) mass is 322 g/mol. The van der Waals surface area contributed by atoms with Gasteiger partial charge in [0.05, 0.1) is 11.8 Å². The lowest BCUT2D eigenvalue weighted by Crippen LogP contribution is -2.12. The van der Waals surface area contributed by atoms with Crippen molar-refractivity contribution >= 4 is 39.1 Å². The Kier molecular flexibility index (Phi) is 4.01. The lowest BCUT2D eigenvalue weighted by atomic mass is 10.2. The van der Waals surface area contributed by atoms with Crippen LogP contribution >= 0.6 is 15.9 Å². The molecule has 0 bridgehead atoms. The maximum atomic E-state index is 11.9. The second-order valence-corrected chi connectivity index (χ2v) is 4.54. The van der Waals surface area contributed by atoms with Gasteiger partial charge in [-0.15, -0.1) is 0 Å². The molecule has 5 nitrogen and oxygen atoms in total. The summed E-state index contributed by atoms with van der Waals surface area (Å²) < 4.78 is 5.38. The lowest BCUT2D eigenvalue weighted by Gasteiger charge is -2.07. The first-order chi connectivity index (χ1) is 9.06. The van der Waals surface area contributed by atoms with Crippen molar-refractivity contribution in [1.82, 2.24) is 0 Å². The Labute approximate surface area is 118 Å². The number of anilines is 2. The highest BCUT2D eigenvalue weighted by Crippen LogP contribution is 2.20. The van der Waals surface area contributed by atoms with Gasteiger partial charge in [0.25, 0.3) is 5.91 Å². The van der Waals surface area contributed by atoms with Gasteiger partial charge in [-0.05, 0) is 40.2 Å². The Morgan fingerprint density at radius 3 is 2.42 bits per heavy atom. The summed E-state index contributed by atoms with van der Waals surface area (Å²) in [6.07, 6.45) is 1.42. The van der Waals surface area contributed by atoms with E-state index in [1.54, 1.807) is 30.3 Å². The number of carbonyl (C=O) groups is 2. The van der Waals surface area contributed by atoms with Crippen LogP contribution in [0, 0.1) is 0 Å². The molecule has 6 heteroatoms. The van der Waals surface area contributed by atoms with Crippen LogP contribution in [0.5, 0.6) is 0 Å². The van der Waals surface area contributed by atoms with Gasteiger partial charge in [0.15, 0.2) is 4.67 Å². The number of hydrogen-bond acceptors (Lipinski definition) is 3. The summed E-state index contributed by atoms with van der Waals surface area (Å²) in [5.41, 5.74) is 1.62. The molecule has 19 heavy (non-hydrogen) atoms. The van der Waals surface area contributed by atoms with Crippen LogP contribution in [-0.2, 0) is 4.79 Å². The molecule has 0 saturated carbocycles. The summed E-state index contributed by atoms with van der Waals surface area (Å²) in [6, 6.07) is 8.46. The number of furan rings is 1. The molecule has 0 radical (unpaired) electrons. The minimum absolute atomic E-state index is 0.166. The molecule has 98 valence electrons. The van der Waals surface area contributed by atoms with Crippen molar-refractivity contribution in [3.05, 3.63) is 46.8 Å². The molecule has 2 N–H and O–H groups in total. The Bertz CT molecular complexity index is 622. The molecule has 0 unspecified atom stereocenters. The van der Waals surface area contributed by atoms with Crippen LogP contribution in [0.15, 0.2) is 45.7 Å². The van der Waals surface area contributed by atoms with Crippen molar-refractivity contribution in [1.29, 1.82) is 0 Å². The summed E-state index contributed by atoms with van der Waals surface area (Å²) in [5, 5.41) is 5.37. The molecule has 2 rings (SSSR count). The molecule has 2 amide bonds. The first-order valence-electron chi connectivity index (χ1n) is 5.48. The van der Waals surface area contributed by atoms with E-state index >= 15 is 0 Å². The molecule has 0 aliphatic heterocycles. The molecule has 0 fully saturated rings. The number of amides is 2. The summed E-state index contributed by atoms with van der Waals surface area (Å²) in [5.74, 6) is -0.457. The van der Waals surface area contributed by atoms with Gasteiger partial charge in [0.1, 0.15) is 0 Å². The van der Waals surface area contributed by atoms with Gasteiger partial charge in [-0.25, -0.2) is 0 Å².